The van der Waals surface area contributed by atoms with E-state index in [0.29, 0.717) is 10.8 Å². The van der Waals surface area contributed by atoms with Crippen LogP contribution in [0.5, 0.6) is 0 Å². The van der Waals surface area contributed by atoms with Gasteiger partial charge >= 0.3 is 0 Å². The summed E-state index contributed by atoms with van der Waals surface area (Å²) in [5.41, 5.74) is 1.38. The van der Waals surface area contributed by atoms with Gasteiger partial charge < -0.3 is 10.2 Å². The second-order valence-electron chi connectivity index (χ2n) is 6.07. The average Bonchev–Trinajstić information content (AvgIpc) is 2.40. The summed E-state index contributed by atoms with van der Waals surface area (Å²) in [6.07, 6.45) is 1.17. The van der Waals surface area contributed by atoms with Crippen LogP contribution in [0.2, 0.25) is 0 Å². The zero-order chi connectivity index (χ0) is 14.6. The van der Waals surface area contributed by atoms with Gasteiger partial charge in [-0.15, -0.1) is 0 Å². The van der Waals surface area contributed by atoms with E-state index >= 15 is 0 Å². The molecule has 1 aliphatic heterocycles. The van der Waals surface area contributed by atoms with Crippen LogP contribution >= 0.6 is 27.7 Å². The molecule has 0 bridgehead atoms. The van der Waals surface area contributed by atoms with E-state index < -0.39 is 0 Å². The van der Waals surface area contributed by atoms with Crippen molar-refractivity contribution in [2.24, 2.45) is 0 Å². The van der Waals surface area contributed by atoms with Crippen LogP contribution in [-0.2, 0) is 0 Å². The number of rotatable bonds is 5. The van der Waals surface area contributed by atoms with Crippen LogP contribution in [0.1, 0.15) is 31.9 Å². The van der Waals surface area contributed by atoms with Crippen LogP contribution in [0.25, 0.3) is 0 Å². The van der Waals surface area contributed by atoms with Crippen molar-refractivity contribution in [1.29, 1.82) is 0 Å². The Morgan fingerprint density at radius 2 is 2.05 bits per heavy atom. The maximum atomic E-state index is 3.50. The van der Waals surface area contributed by atoms with E-state index in [1.807, 2.05) is 0 Å². The maximum Gasteiger partial charge on any atom is 0.0329 e. The average molecular weight is 357 g/mol. The Balaban J connectivity index is 1.89. The molecule has 2 nitrogen and oxygen atoms in total. The molecule has 1 heterocycles. The third-order valence-electron chi connectivity index (χ3n) is 3.86. The molecule has 1 N–H and O–H groups in total. The van der Waals surface area contributed by atoms with E-state index in [4.69, 9.17) is 0 Å². The summed E-state index contributed by atoms with van der Waals surface area (Å²) in [4.78, 5) is 2.61. The first-order valence-corrected chi connectivity index (χ1v) is 9.07. The van der Waals surface area contributed by atoms with Crippen molar-refractivity contribution >= 4 is 27.7 Å². The normalized spacial score (nSPS) is 20.8. The summed E-state index contributed by atoms with van der Waals surface area (Å²) in [5.74, 6) is 1.26. The number of hydrogen-bond acceptors (Lipinski definition) is 3. The molecule has 0 saturated carbocycles. The van der Waals surface area contributed by atoms with Crippen molar-refractivity contribution in [3.05, 3.63) is 34.3 Å². The Morgan fingerprint density at radius 3 is 2.65 bits per heavy atom. The minimum Gasteiger partial charge on any atom is -0.313 e. The molecule has 0 spiro atoms. The number of hydrogen-bond donors (Lipinski definition) is 1. The Labute approximate surface area is 135 Å². The second kappa shape index (κ2) is 7.30. The lowest BCUT2D eigenvalue weighted by atomic mass is 10.0. The first-order chi connectivity index (χ1) is 9.50. The quantitative estimate of drug-likeness (QED) is 0.860. The highest BCUT2D eigenvalue weighted by molar-refractivity contribution is 9.10. The molecule has 1 aromatic rings. The lowest BCUT2D eigenvalue weighted by Gasteiger charge is -2.38. The molecule has 1 fully saturated rings. The van der Waals surface area contributed by atoms with E-state index in [2.05, 4.69) is 83.1 Å². The molecule has 0 radical (unpaired) electrons. The minimum absolute atomic E-state index is 0.408. The van der Waals surface area contributed by atoms with Gasteiger partial charge in [0.2, 0.25) is 0 Å². The van der Waals surface area contributed by atoms with Crippen LogP contribution in [0, 0.1) is 0 Å². The molecule has 0 aliphatic carbocycles. The first kappa shape index (κ1) is 16.3. The van der Waals surface area contributed by atoms with Crippen molar-refractivity contribution < 1.29 is 0 Å². The van der Waals surface area contributed by atoms with Crippen molar-refractivity contribution in [1.82, 2.24) is 10.2 Å². The fourth-order valence-electron chi connectivity index (χ4n) is 2.79. The molecule has 0 amide bonds. The van der Waals surface area contributed by atoms with Gasteiger partial charge in [0, 0.05) is 40.6 Å². The van der Waals surface area contributed by atoms with E-state index in [1.54, 1.807) is 0 Å². The van der Waals surface area contributed by atoms with Crippen molar-refractivity contribution in [2.75, 3.05) is 32.4 Å². The highest BCUT2D eigenvalue weighted by Gasteiger charge is 2.27. The summed E-state index contributed by atoms with van der Waals surface area (Å²) >= 11 is 5.60. The van der Waals surface area contributed by atoms with Crippen LogP contribution in [0.4, 0.5) is 0 Å². The lowest BCUT2D eigenvalue weighted by molar-refractivity contribution is 0.247. The zero-order valence-electron chi connectivity index (χ0n) is 12.7. The van der Waals surface area contributed by atoms with Gasteiger partial charge in [0.1, 0.15) is 0 Å². The summed E-state index contributed by atoms with van der Waals surface area (Å²) < 4.78 is 1.55. The first-order valence-electron chi connectivity index (χ1n) is 7.29. The molecule has 4 heteroatoms. The van der Waals surface area contributed by atoms with Crippen LogP contribution in [-0.4, -0.2) is 42.1 Å². The maximum absolute atomic E-state index is 3.50. The topological polar surface area (TPSA) is 15.3 Å². The Morgan fingerprint density at radius 1 is 1.35 bits per heavy atom. The molecule has 1 atom stereocenters. The third kappa shape index (κ3) is 4.76. The highest BCUT2D eigenvalue weighted by atomic mass is 79.9. The smallest absolute Gasteiger partial charge is 0.0329 e. The second-order valence-corrected chi connectivity index (χ2v) is 8.78. The molecular weight excluding hydrogens is 332 g/mol. The predicted molar refractivity (Wildman–Crippen MR) is 93.5 cm³/mol. The molecule has 20 heavy (non-hydrogen) atoms. The van der Waals surface area contributed by atoms with Gasteiger partial charge in [-0.1, -0.05) is 28.1 Å². The zero-order valence-corrected chi connectivity index (χ0v) is 15.1. The molecule has 1 saturated heterocycles. The summed E-state index contributed by atoms with van der Waals surface area (Å²) in [6, 6.07) is 9.11. The highest BCUT2D eigenvalue weighted by Crippen LogP contribution is 2.30. The largest absolute Gasteiger partial charge is 0.313 e. The van der Waals surface area contributed by atoms with E-state index in [-0.39, 0.29) is 0 Å². The minimum atomic E-state index is 0.408. The summed E-state index contributed by atoms with van der Waals surface area (Å²) in [5, 5.41) is 3.45. The van der Waals surface area contributed by atoms with Crippen molar-refractivity contribution in [2.45, 2.75) is 31.1 Å². The number of nitrogens with zero attached hydrogens (tertiary/aromatic N) is 1. The van der Waals surface area contributed by atoms with E-state index in [1.165, 1.54) is 37.4 Å². The van der Waals surface area contributed by atoms with Gasteiger partial charge in [0.25, 0.3) is 0 Å². The fraction of sp³-hybridized carbons (Fsp3) is 0.625. The monoisotopic (exact) mass is 356 g/mol. The Hall–Kier alpha value is -0.0300. The molecule has 0 aromatic heterocycles. The molecule has 1 aromatic carbocycles. The van der Waals surface area contributed by atoms with Gasteiger partial charge in [-0.2, -0.15) is 11.8 Å². The summed E-state index contributed by atoms with van der Waals surface area (Å²) in [6.45, 7) is 8.31. The van der Waals surface area contributed by atoms with Crippen LogP contribution in [0.15, 0.2) is 28.7 Å². The van der Waals surface area contributed by atoms with Crippen molar-refractivity contribution in [3.63, 3.8) is 0 Å². The Kier molecular flexibility index (Phi) is 5.96. The number of nitrogens with one attached hydrogen (secondary N) is 1. The lowest BCUT2D eigenvalue weighted by Crippen LogP contribution is -2.44. The van der Waals surface area contributed by atoms with E-state index in [9.17, 15) is 0 Å². The number of thioether (sulfide) groups is 1. The molecule has 112 valence electrons. The fourth-order valence-corrected chi connectivity index (χ4v) is 4.23. The predicted octanol–water partition coefficient (Wildman–Crippen LogP) is 3.93. The van der Waals surface area contributed by atoms with Crippen LogP contribution in [0.3, 0.4) is 0 Å². The van der Waals surface area contributed by atoms with Crippen LogP contribution < -0.4 is 5.32 Å². The van der Waals surface area contributed by atoms with Gasteiger partial charge in [-0.3, -0.25) is 0 Å². The van der Waals surface area contributed by atoms with Gasteiger partial charge in [0.05, 0.1) is 0 Å². The molecule has 1 aliphatic rings. The third-order valence-corrected chi connectivity index (χ3v) is 5.69. The summed E-state index contributed by atoms with van der Waals surface area (Å²) in [7, 11) is 2.06. The van der Waals surface area contributed by atoms with Crippen molar-refractivity contribution in [3.8, 4) is 0 Å². The standard InChI is InChI=1S/C16H25BrN2S/c1-16(2)12-19(10-11-20-16)9-8-15(18-3)13-4-6-14(17)7-5-13/h4-7,15,18H,8-12H2,1-3H3. The number of benzene rings is 1. The molecule has 2 rings (SSSR count). The van der Waals surface area contributed by atoms with Gasteiger partial charge in [0.15, 0.2) is 0 Å². The SMILES string of the molecule is CNC(CCN1CCSC(C)(C)C1)c1ccc(Br)cc1. The van der Waals surface area contributed by atoms with Gasteiger partial charge in [-0.25, -0.2) is 0 Å². The molecular formula is C16H25BrN2S. The molecule has 1 unspecified atom stereocenters. The Bertz CT molecular complexity index is 419. The number of halogens is 1. The van der Waals surface area contributed by atoms with E-state index in [0.717, 1.165) is 4.47 Å². The van der Waals surface area contributed by atoms with Gasteiger partial charge in [-0.05, 0) is 45.0 Å².